The molecule has 0 bridgehead atoms. The van der Waals surface area contributed by atoms with Gasteiger partial charge in [-0.2, -0.15) is 0 Å². The molecule has 0 aliphatic carbocycles. The Morgan fingerprint density at radius 2 is 1.37 bits per heavy atom. The number of imide groups is 1. The summed E-state index contributed by atoms with van der Waals surface area (Å²) in [5, 5.41) is 2.95. The number of benzene rings is 4. The number of methoxy groups -OCH3 is 1. The van der Waals surface area contributed by atoms with Gasteiger partial charge in [0.05, 0.1) is 43.2 Å². The van der Waals surface area contributed by atoms with E-state index in [4.69, 9.17) is 28.7 Å². The first-order valence-corrected chi connectivity index (χ1v) is 27.0. The summed E-state index contributed by atoms with van der Waals surface area (Å²) >= 11 is 1.33. The average molecular weight is 999 g/mol. The first-order valence-electron chi connectivity index (χ1n) is 24.7. The molecule has 0 radical (unpaired) electrons. The summed E-state index contributed by atoms with van der Waals surface area (Å²) in [7, 11) is -2.91. The lowest BCUT2D eigenvalue weighted by Crippen LogP contribution is -2.59. The highest BCUT2D eigenvalue weighted by Gasteiger charge is 2.55. The van der Waals surface area contributed by atoms with Gasteiger partial charge in [-0.25, -0.2) is 23.1 Å². The maximum Gasteiger partial charge on any atom is 0.418 e. The number of anilines is 1. The van der Waals surface area contributed by atoms with E-state index >= 15 is 4.79 Å². The summed E-state index contributed by atoms with van der Waals surface area (Å²) in [5.74, 6) is 0.240. The molecule has 1 saturated heterocycles. The van der Waals surface area contributed by atoms with Crippen LogP contribution in [-0.4, -0.2) is 86.5 Å². The standard InChI is InChI=1S/C54H70N4O10S2/c1-8-10-12-14-16-20-32-65-41-26-29-45(67-33-21-17-15-13-11-9-2)47(37-41)69-46-30-27-40(64-7)36-43(46)56-51(59)49(58-52(60)54(5,6)68-53(58)61)50-55-42-23-18-19-24-48(42)70(62,63)57(50)31-22-34-66-44-28-25-38(3)35-39(44)4/h18-19,23-30,35-37,49H,8-17,20-22,31-34H2,1-7H3,(H,56,59). The maximum absolute atomic E-state index is 15.2. The van der Waals surface area contributed by atoms with Gasteiger partial charge in [-0.3, -0.25) is 13.9 Å². The number of aryl methyl sites for hydroxylation is 2. The van der Waals surface area contributed by atoms with Crippen LogP contribution in [0, 0.1) is 13.8 Å². The van der Waals surface area contributed by atoms with Crippen molar-refractivity contribution in [1.82, 2.24) is 9.21 Å². The largest absolute Gasteiger partial charge is 0.497 e. The van der Waals surface area contributed by atoms with Crippen LogP contribution < -0.4 is 24.3 Å². The molecule has 1 N–H and O–H groups in total. The van der Waals surface area contributed by atoms with E-state index in [2.05, 4.69) is 19.2 Å². The highest BCUT2D eigenvalue weighted by atomic mass is 32.2. The molecular formula is C54H70N4O10S2. The van der Waals surface area contributed by atoms with Gasteiger partial charge in [0.1, 0.15) is 27.9 Å². The Labute approximate surface area is 418 Å². The van der Waals surface area contributed by atoms with Gasteiger partial charge >= 0.3 is 6.09 Å². The second-order valence-electron chi connectivity index (χ2n) is 18.2. The lowest BCUT2D eigenvalue weighted by Gasteiger charge is -2.35. The number of fused-ring (bicyclic) bond motifs is 1. The van der Waals surface area contributed by atoms with Gasteiger partial charge in [0, 0.05) is 23.9 Å². The molecule has 16 heteroatoms. The maximum atomic E-state index is 15.2. The summed E-state index contributed by atoms with van der Waals surface area (Å²) in [6.07, 6.45) is 12.5. The average Bonchev–Trinajstić information content (AvgIpc) is 3.53. The first kappa shape index (κ1) is 53.6. The van der Waals surface area contributed by atoms with Gasteiger partial charge in [-0.1, -0.05) is 120 Å². The second-order valence-corrected chi connectivity index (χ2v) is 21.2. The molecule has 1 atom stereocenters. The third kappa shape index (κ3) is 13.8. The van der Waals surface area contributed by atoms with E-state index in [9.17, 15) is 18.0 Å². The van der Waals surface area contributed by atoms with Crippen LogP contribution in [0.1, 0.15) is 122 Å². The van der Waals surface area contributed by atoms with Crippen molar-refractivity contribution in [2.75, 3.05) is 38.8 Å². The van der Waals surface area contributed by atoms with Crippen molar-refractivity contribution >= 4 is 56.9 Å². The smallest absolute Gasteiger partial charge is 0.418 e. The number of para-hydroxylation sites is 1. The van der Waals surface area contributed by atoms with Gasteiger partial charge in [0.25, 0.3) is 21.8 Å². The van der Waals surface area contributed by atoms with E-state index in [1.807, 2.05) is 50.2 Å². The zero-order valence-corrected chi connectivity index (χ0v) is 43.5. The Morgan fingerprint density at radius 1 is 0.743 bits per heavy atom. The molecule has 14 nitrogen and oxygen atoms in total. The lowest BCUT2D eigenvalue weighted by atomic mass is 10.1. The molecule has 2 aliphatic heterocycles. The van der Waals surface area contributed by atoms with Crippen LogP contribution in [0.5, 0.6) is 23.0 Å². The number of hydrogen-bond acceptors (Lipinski definition) is 12. The molecule has 2 heterocycles. The Hall–Kier alpha value is -5.74. The zero-order valence-electron chi connectivity index (χ0n) is 41.8. The Morgan fingerprint density at radius 3 is 2.04 bits per heavy atom. The van der Waals surface area contributed by atoms with Crippen molar-refractivity contribution in [2.24, 2.45) is 4.99 Å². The number of carbonyl (C=O) groups is 3. The SMILES string of the molecule is CCCCCCCCOc1ccc(OCCCCCCCC)c(Sc2ccc(OC)cc2NC(=O)C(C2=Nc3ccccc3S(=O)(=O)N2CCCOc2ccc(C)cc2C)N2C(=O)OC(C)(C)C2=O)c1. The fourth-order valence-electron chi connectivity index (χ4n) is 8.29. The number of cyclic esters (lactones) is 1. The van der Waals surface area contributed by atoms with Gasteiger partial charge in [-0.05, 0) is 94.6 Å². The van der Waals surface area contributed by atoms with Crippen LogP contribution >= 0.6 is 11.8 Å². The number of unbranched alkanes of at least 4 members (excludes halogenated alkanes) is 10. The Balaban J connectivity index is 1.34. The van der Waals surface area contributed by atoms with Crippen molar-refractivity contribution in [3.63, 3.8) is 0 Å². The van der Waals surface area contributed by atoms with E-state index in [0.29, 0.717) is 46.0 Å². The number of nitrogens with one attached hydrogen (secondary N) is 1. The topological polar surface area (TPSA) is 162 Å². The highest BCUT2D eigenvalue weighted by molar-refractivity contribution is 7.99. The van der Waals surface area contributed by atoms with Crippen molar-refractivity contribution in [3.8, 4) is 23.0 Å². The van der Waals surface area contributed by atoms with Crippen LogP contribution in [-0.2, 0) is 24.3 Å². The number of hydrogen-bond donors (Lipinski definition) is 1. The zero-order chi connectivity index (χ0) is 50.3. The first-order chi connectivity index (χ1) is 33.7. The van der Waals surface area contributed by atoms with Crippen molar-refractivity contribution in [2.45, 2.75) is 151 Å². The molecule has 378 valence electrons. The third-order valence-corrected chi connectivity index (χ3v) is 15.1. The van der Waals surface area contributed by atoms with Crippen LogP contribution in [0.25, 0.3) is 0 Å². The molecule has 1 fully saturated rings. The predicted molar refractivity (Wildman–Crippen MR) is 275 cm³/mol. The van der Waals surface area contributed by atoms with Gasteiger partial charge in [-0.15, -0.1) is 0 Å². The minimum atomic E-state index is -4.41. The van der Waals surface area contributed by atoms with E-state index in [-0.39, 0.29) is 41.7 Å². The van der Waals surface area contributed by atoms with Gasteiger partial charge in [0.15, 0.2) is 17.5 Å². The molecule has 1 unspecified atom stereocenters. The van der Waals surface area contributed by atoms with E-state index in [0.717, 1.165) is 52.4 Å². The second kappa shape index (κ2) is 25.4. The molecule has 3 amide bonds. The molecule has 0 aromatic heterocycles. The Bertz CT molecular complexity index is 2580. The van der Waals surface area contributed by atoms with Gasteiger partial charge < -0.3 is 29.0 Å². The number of amides is 3. The molecule has 2 aliphatic rings. The van der Waals surface area contributed by atoms with Crippen LogP contribution in [0.4, 0.5) is 16.2 Å². The fraction of sp³-hybridized carbons (Fsp3) is 0.481. The summed E-state index contributed by atoms with van der Waals surface area (Å²) in [4.78, 5) is 49.9. The van der Waals surface area contributed by atoms with E-state index in [1.165, 1.54) is 89.8 Å². The molecule has 0 saturated carbocycles. The lowest BCUT2D eigenvalue weighted by molar-refractivity contribution is -0.137. The minimum absolute atomic E-state index is 0.0436. The normalized spacial score (nSPS) is 15.2. The minimum Gasteiger partial charge on any atom is -0.497 e. The summed E-state index contributed by atoms with van der Waals surface area (Å²) in [6, 6.07) is 20.9. The summed E-state index contributed by atoms with van der Waals surface area (Å²) in [5.41, 5.74) is 0.621. The number of amidine groups is 1. The van der Waals surface area contributed by atoms with Crippen molar-refractivity contribution in [1.29, 1.82) is 0 Å². The number of carbonyl (C=O) groups excluding carboxylic acids is 3. The quantitative estimate of drug-likeness (QED) is 0.0539. The highest BCUT2D eigenvalue weighted by Crippen LogP contribution is 2.43. The van der Waals surface area contributed by atoms with Crippen molar-refractivity contribution in [3.05, 3.63) is 90.0 Å². The predicted octanol–water partition coefficient (Wildman–Crippen LogP) is 12.2. The van der Waals surface area contributed by atoms with Gasteiger partial charge in [0.2, 0.25) is 0 Å². The number of rotatable bonds is 28. The molecular weight excluding hydrogens is 929 g/mol. The molecule has 4 aromatic carbocycles. The molecule has 0 spiro atoms. The molecule has 6 rings (SSSR count). The molecule has 4 aromatic rings. The fourth-order valence-corrected chi connectivity index (χ4v) is 10.9. The van der Waals surface area contributed by atoms with Crippen LogP contribution in [0.15, 0.2) is 98.5 Å². The number of sulfonamides is 1. The van der Waals surface area contributed by atoms with Crippen LogP contribution in [0.3, 0.4) is 0 Å². The van der Waals surface area contributed by atoms with E-state index < -0.39 is 39.6 Å². The number of aliphatic imine (C=N–C) groups is 1. The third-order valence-electron chi connectivity index (χ3n) is 12.1. The van der Waals surface area contributed by atoms with E-state index in [1.54, 1.807) is 30.3 Å². The Kier molecular flexibility index (Phi) is 19.5. The summed E-state index contributed by atoms with van der Waals surface area (Å²) < 4.78 is 60.2. The monoisotopic (exact) mass is 998 g/mol. The number of ether oxygens (including phenoxy) is 5. The van der Waals surface area contributed by atoms with Crippen LogP contribution in [0.2, 0.25) is 0 Å². The number of nitrogens with zero attached hydrogens (tertiary/aromatic N) is 3. The van der Waals surface area contributed by atoms with Crippen molar-refractivity contribution < 1.29 is 46.5 Å². The summed E-state index contributed by atoms with van der Waals surface area (Å²) in [6.45, 7) is 12.1. The molecule has 70 heavy (non-hydrogen) atoms.